The van der Waals surface area contributed by atoms with Crippen LogP contribution in [-0.2, 0) is 9.59 Å². The van der Waals surface area contributed by atoms with Gasteiger partial charge in [0.15, 0.2) is 6.61 Å². The highest BCUT2D eigenvalue weighted by molar-refractivity contribution is 7.99. The molecule has 0 fully saturated rings. The third-order valence-electron chi connectivity index (χ3n) is 2.95. The van der Waals surface area contributed by atoms with Crippen molar-refractivity contribution in [3.8, 4) is 5.75 Å². The average molecular weight is 383 g/mol. The minimum atomic E-state index is -0.501. The lowest BCUT2D eigenvalue weighted by atomic mass is 10.3. The molecule has 0 spiro atoms. The number of hydrogen-bond acceptors (Lipinski definition) is 4. The molecule has 25 heavy (non-hydrogen) atoms. The summed E-state index contributed by atoms with van der Waals surface area (Å²) in [6, 6.07) is 12.8. The highest BCUT2D eigenvalue weighted by atomic mass is 35.5. The molecule has 2 amide bonds. The molecular formula is C17H16ClFN2O3S. The van der Waals surface area contributed by atoms with Gasteiger partial charge < -0.3 is 4.74 Å². The molecule has 2 rings (SSSR count). The van der Waals surface area contributed by atoms with Gasteiger partial charge in [-0.2, -0.15) is 0 Å². The molecule has 0 bridgehead atoms. The van der Waals surface area contributed by atoms with Crippen molar-refractivity contribution in [3.05, 3.63) is 59.4 Å². The molecule has 0 saturated heterocycles. The molecule has 0 aliphatic heterocycles. The molecule has 0 aliphatic carbocycles. The van der Waals surface area contributed by atoms with E-state index >= 15 is 0 Å². The molecule has 2 aromatic rings. The second-order valence-corrected chi connectivity index (χ2v) is 6.44. The Hall–Kier alpha value is -2.25. The van der Waals surface area contributed by atoms with E-state index in [1.165, 1.54) is 23.9 Å². The molecule has 0 heterocycles. The maximum absolute atomic E-state index is 12.8. The second-order valence-electron chi connectivity index (χ2n) is 4.87. The Bertz CT molecular complexity index is 728. The lowest BCUT2D eigenvalue weighted by Gasteiger charge is -2.09. The van der Waals surface area contributed by atoms with Gasteiger partial charge in [0.05, 0.1) is 5.02 Å². The van der Waals surface area contributed by atoms with Gasteiger partial charge >= 0.3 is 0 Å². The number of amides is 2. The zero-order chi connectivity index (χ0) is 18.1. The van der Waals surface area contributed by atoms with E-state index in [1.54, 1.807) is 36.4 Å². The predicted molar refractivity (Wildman–Crippen MR) is 95.0 cm³/mol. The van der Waals surface area contributed by atoms with Crippen molar-refractivity contribution < 1.29 is 18.7 Å². The lowest BCUT2D eigenvalue weighted by molar-refractivity contribution is -0.129. The van der Waals surface area contributed by atoms with Crippen LogP contribution < -0.4 is 15.6 Å². The van der Waals surface area contributed by atoms with Crippen LogP contribution in [-0.4, -0.2) is 24.2 Å². The van der Waals surface area contributed by atoms with Gasteiger partial charge in [-0.05, 0) is 36.4 Å². The van der Waals surface area contributed by atoms with Gasteiger partial charge in [0, 0.05) is 17.1 Å². The van der Waals surface area contributed by atoms with Gasteiger partial charge in [0.2, 0.25) is 5.91 Å². The van der Waals surface area contributed by atoms with Crippen LogP contribution in [0, 0.1) is 5.82 Å². The molecule has 5 nitrogen and oxygen atoms in total. The van der Waals surface area contributed by atoms with E-state index < -0.39 is 5.91 Å². The first-order chi connectivity index (χ1) is 12.0. The fourth-order valence-corrected chi connectivity index (χ4v) is 2.78. The van der Waals surface area contributed by atoms with Crippen molar-refractivity contribution in [2.45, 2.75) is 11.3 Å². The van der Waals surface area contributed by atoms with E-state index in [0.717, 1.165) is 4.90 Å². The monoisotopic (exact) mass is 382 g/mol. The minimum Gasteiger partial charge on any atom is -0.482 e. The topological polar surface area (TPSA) is 67.4 Å². The summed E-state index contributed by atoms with van der Waals surface area (Å²) in [7, 11) is 0. The van der Waals surface area contributed by atoms with Crippen molar-refractivity contribution in [2.24, 2.45) is 0 Å². The van der Waals surface area contributed by atoms with Gasteiger partial charge in [0.25, 0.3) is 5.91 Å². The maximum atomic E-state index is 12.8. The van der Waals surface area contributed by atoms with Gasteiger partial charge in [-0.15, -0.1) is 11.8 Å². The van der Waals surface area contributed by atoms with Gasteiger partial charge in [0.1, 0.15) is 11.6 Å². The van der Waals surface area contributed by atoms with Crippen LogP contribution in [0.1, 0.15) is 6.42 Å². The Kier molecular flexibility index (Phi) is 7.56. The first kappa shape index (κ1) is 19.1. The lowest BCUT2D eigenvalue weighted by Crippen LogP contribution is -2.43. The molecule has 8 heteroatoms. The average Bonchev–Trinajstić information content (AvgIpc) is 2.61. The summed E-state index contributed by atoms with van der Waals surface area (Å²) in [5.41, 5.74) is 4.57. The maximum Gasteiger partial charge on any atom is 0.276 e. The molecular weight excluding hydrogens is 367 g/mol. The summed E-state index contributed by atoms with van der Waals surface area (Å²) in [5.74, 6) is -0.242. The van der Waals surface area contributed by atoms with E-state index in [-0.39, 0.29) is 24.8 Å². The Morgan fingerprint density at radius 1 is 1.04 bits per heavy atom. The molecule has 132 valence electrons. The van der Waals surface area contributed by atoms with Crippen LogP contribution in [0.4, 0.5) is 4.39 Å². The van der Waals surface area contributed by atoms with E-state index in [0.29, 0.717) is 16.5 Å². The van der Waals surface area contributed by atoms with Gasteiger partial charge in [-0.1, -0.05) is 23.7 Å². The Balaban J connectivity index is 1.61. The smallest absolute Gasteiger partial charge is 0.276 e. The number of benzene rings is 2. The second kappa shape index (κ2) is 9.90. The number of nitrogens with one attached hydrogen (secondary N) is 2. The number of hydrogen-bond donors (Lipinski definition) is 2. The number of para-hydroxylation sites is 1. The van der Waals surface area contributed by atoms with Crippen molar-refractivity contribution in [3.63, 3.8) is 0 Å². The Labute approximate surface area is 153 Å². The fourth-order valence-electron chi connectivity index (χ4n) is 1.74. The van der Waals surface area contributed by atoms with Crippen LogP contribution in [0.5, 0.6) is 5.75 Å². The quantitative estimate of drug-likeness (QED) is 0.570. The van der Waals surface area contributed by atoms with Crippen LogP contribution in [0.25, 0.3) is 0 Å². The highest BCUT2D eigenvalue weighted by Crippen LogP contribution is 2.22. The number of rotatable bonds is 7. The van der Waals surface area contributed by atoms with E-state index in [9.17, 15) is 14.0 Å². The number of carbonyl (C=O) groups excluding carboxylic acids is 2. The third-order valence-corrected chi connectivity index (χ3v) is 4.27. The van der Waals surface area contributed by atoms with Crippen molar-refractivity contribution in [1.82, 2.24) is 10.9 Å². The van der Waals surface area contributed by atoms with Gasteiger partial charge in [-0.3, -0.25) is 20.4 Å². The Morgan fingerprint density at radius 3 is 2.44 bits per heavy atom. The first-order valence-corrected chi connectivity index (χ1v) is 8.74. The number of ether oxygens (including phenoxy) is 1. The van der Waals surface area contributed by atoms with Crippen molar-refractivity contribution in [1.29, 1.82) is 0 Å². The first-order valence-electron chi connectivity index (χ1n) is 7.38. The van der Waals surface area contributed by atoms with Gasteiger partial charge in [-0.25, -0.2) is 4.39 Å². The number of halogens is 2. The number of carbonyl (C=O) groups is 2. The predicted octanol–water partition coefficient (Wildman–Crippen LogP) is 3.19. The normalized spacial score (nSPS) is 10.2. The molecule has 0 unspecified atom stereocenters. The minimum absolute atomic E-state index is 0.202. The van der Waals surface area contributed by atoms with Crippen LogP contribution in [0.2, 0.25) is 5.02 Å². The van der Waals surface area contributed by atoms with Crippen LogP contribution in [0.3, 0.4) is 0 Å². The largest absolute Gasteiger partial charge is 0.482 e. The number of hydrazine groups is 1. The third kappa shape index (κ3) is 7.03. The molecule has 0 radical (unpaired) electrons. The summed E-state index contributed by atoms with van der Waals surface area (Å²) in [6.07, 6.45) is 0.202. The van der Waals surface area contributed by atoms with Crippen LogP contribution in [0.15, 0.2) is 53.4 Å². The van der Waals surface area contributed by atoms with Crippen molar-refractivity contribution >= 4 is 35.2 Å². The molecule has 2 aromatic carbocycles. The van der Waals surface area contributed by atoms with Crippen molar-refractivity contribution in [2.75, 3.05) is 12.4 Å². The molecule has 0 aromatic heterocycles. The Morgan fingerprint density at radius 2 is 1.72 bits per heavy atom. The van der Waals surface area contributed by atoms with E-state index in [2.05, 4.69) is 10.9 Å². The van der Waals surface area contributed by atoms with E-state index in [4.69, 9.17) is 16.3 Å². The zero-order valence-electron chi connectivity index (χ0n) is 13.1. The summed E-state index contributed by atoms with van der Waals surface area (Å²) < 4.78 is 18.0. The summed E-state index contributed by atoms with van der Waals surface area (Å²) in [6.45, 7) is -0.270. The summed E-state index contributed by atoms with van der Waals surface area (Å²) >= 11 is 7.32. The molecule has 0 atom stereocenters. The molecule has 0 aliphatic rings. The standard InChI is InChI=1S/C17H16ClFN2O3S/c18-14-3-1-2-4-15(14)24-11-17(23)21-20-16(22)9-10-25-13-7-5-12(19)6-8-13/h1-8H,9-11H2,(H,20,22)(H,21,23). The zero-order valence-corrected chi connectivity index (χ0v) is 14.7. The number of thioether (sulfide) groups is 1. The van der Waals surface area contributed by atoms with E-state index in [1.807, 2.05) is 0 Å². The molecule has 2 N–H and O–H groups in total. The molecule has 0 saturated carbocycles. The highest BCUT2D eigenvalue weighted by Gasteiger charge is 2.07. The summed E-state index contributed by atoms with van der Waals surface area (Å²) in [4.78, 5) is 24.2. The summed E-state index contributed by atoms with van der Waals surface area (Å²) in [5, 5.41) is 0.400. The van der Waals surface area contributed by atoms with Crippen LogP contribution >= 0.6 is 23.4 Å². The fraction of sp³-hybridized carbons (Fsp3) is 0.176. The SMILES string of the molecule is O=C(CCSc1ccc(F)cc1)NNC(=O)COc1ccccc1Cl.